The van der Waals surface area contributed by atoms with Gasteiger partial charge in [0.25, 0.3) is 0 Å². The van der Waals surface area contributed by atoms with E-state index >= 15 is 0 Å². The van der Waals surface area contributed by atoms with E-state index in [9.17, 15) is 14.0 Å². The summed E-state index contributed by atoms with van der Waals surface area (Å²) in [4.78, 5) is 24.1. The summed E-state index contributed by atoms with van der Waals surface area (Å²) >= 11 is 0. The molecule has 7 heteroatoms. The predicted octanol–water partition coefficient (Wildman–Crippen LogP) is 4.83. The van der Waals surface area contributed by atoms with Gasteiger partial charge in [-0.2, -0.15) is 0 Å². The van der Waals surface area contributed by atoms with E-state index in [-0.39, 0.29) is 0 Å². The normalized spacial score (nSPS) is 11.2. The topological polar surface area (TPSA) is 76.7 Å². The van der Waals surface area contributed by atoms with Gasteiger partial charge in [-0.25, -0.2) is 9.18 Å². The molecule has 148 valence electrons. The molecule has 0 aliphatic rings. The lowest BCUT2D eigenvalue weighted by molar-refractivity contribution is -0.111. The highest BCUT2D eigenvalue weighted by molar-refractivity contribution is 6.02. The number of hydrogen-bond acceptors (Lipinski definition) is 4. The van der Waals surface area contributed by atoms with Gasteiger partial charge in [0.2, 0.25) is 5.91 Å². The van der Waals surface area contributed by atoms with Crippen molar-refractivity contribution in [2.24, 2.45) is 0 Å². The van der Waals surface area contributed by atoms with Crippen LogP contribution in [0.25, 0.3) is 6.08 Å². The standard InChI is InChI=1S/C21H23FN2O4/c1-21(2,3)28-20(26)24-17-13-15(10-11-18(17)27-4)23-19(25)12-9-14-7-5-6-8-16(14)22/h5-13H,1-4H3,(H,23,25)(H,24,26)/b12-9+. The highest BCUT2D eigenvalue weighted by Crippen LogP contribution is 2.28. The molecule has 2 rings (SSSR count). The molecule has 2 aromatic rings. The molecule has 0 bridgehead atoms. The van der Waals surface area contributed by atoms with Crippen molar-refractivity contribution in [1.82, 2.24) is 0 Å². The Labute approximate surface area is 163 Å². The van der Waals surface area contributed by atoms with Crippen molar-refractivity contribution in [3.8, 4) is 5.75 Å². The number of halogens is 1. The Hall–Kier alpha value is -3.35. The van der Waals surface area contributed by atoms with Crippen LogP contribution in [-0.2, 0) is 9.53 Å². The number of rotatable bonds is 5. The summed E-state index contributed by atoms with van der Waals surface area (Å²) in [5.41, 5.74) is 0.419. The molecule has 0 atom stereocenters. The minimum Gasteiger partial charge on any atom is -0.495 e. The number of nitrogens with one attached hydrogen (secondary N) is 2. The first-order valence-electron chi connectivity index (χ1n) is 8.59. The quantitative estimate of drug-likeness (QED) is 0.722. The van der Waals surface area contributed by atoms with Crippen molar-refractivity contribution in [3.63, 3.8) is 0 Å². The van der Waals surface area contributed by atoms with Gasteiger partial charge in [0.05, 0.1) is 12.8 Å². The maximum atomic E-state index is 13.6. The highest BCUT2D eigenvalue weighted by Gasteiger charge is 2.18. The second-order valence-electron chi connectivity index (χ2n) is 6.89. The molecule has 0 heterocycles. The molecule has 6 nitrogen and oxygen atoms in total. The van der Waals surface area contributed by atoms with Crippen LogP contribution in [0.1, 0.15) is 26.3 Å². The molecule has 0 unspecified atom stereocenters. The van der Waals surface area contributed by atoms with Crippen molar-refractivity contribution in [3.05, 3.63) is 59.9 Å². The Kier molecular flexibility index (Phi) is 6.76. The van der Waals surface area contributed by atoms with Crippen LogP contribution >= 0.6 is 0 Å². The lowest BCUT2D eigenvalue weighted by Gasteiger charge is -2.20. The summed E-state index contributed by atoms with van der Waals surface area (Å²) in [7, 11) is 1.46. The van der Waals surface area contributed by atoms with Gasteiger partial charge in [0, 0.05) is 17.3 Å². The molecule has 28 heavy (non-hydrogen) atoms. The van der Waals surface area contributed by atoms with Gasteiger partial charge in [-0.15, -0.1) is 0 Å². The Balaban J connectivity index is 2.10. The van der Waals surface area contributed by atoms with Crippen molar-refractivity contribution < 1.29 is 23.5 Å². The average molecular weight is 386 g/mol. The summed E-state index contributed by atoms with van der Waals surface area (Å²) in [5, 5.41) is 5.24. The van der Waals surface area contributed by atoms with E-state index < -0.39 is 23.4 Å². The van der Waals surface area contributed by atoms with E-state index in [1.54, 1.807) is 51.1 Å². The van der Waals surface area contributed by atoms with Crippen molar-refractivity contribution in [2.75, 3.05) is 17.7 Å². The largest absolute Gasteiger partial charge is 0.495 e. The van der Waals surface area contributed by atoms with Gasteiger partial charge < -0.3 is 14.8 Å². The van der Waals surface area contributed by atoms with Crippen molar-refractivity contribution in [2.45, 2.75) is 26.4 Å². The van der Waals surface area contributed by atoms with Crippen LogP contribution in [0, 0.1) is 5.82 Å². The zero-order valence-electron chi connectivity index (χ0n) is 16.2. The third kappa shape index (κ3) is 6.42. The molecule has 0 spiro atoms. The fourth-order valence-corrected chi connectivity index (χ4v) is 2.26. The zero-order chi connectivity index (χ0) is 20.7. The Morgan fingerprint density at radius 3 is 2.43 bits per heavy atom. The molecule has 0 aliphatic carbocycles. The van der Waals surface area contributed by atoms with Gasteiger partial charge in [-0.1, -0.05) is 18.2 Å². The number of amides is 2. The number of carbonyl (C=O) groups is 2. The van der Waals surface area contributed by atoms with Crippen LogP contribution in [0.2, 0.25) is 0 Å². The van der Waals surface area contributed by atoms with Crippen LogP contribution in [-0.4, -0.2) is 24.7 Å². The molecule has 0 saturated carbocycles. The molecule has 0 fully saturated rings. The summed E-state index contributed by atoms with van der Waals surface area (Å²) in [5.74, 6) is -0.456. The molecule has 0 saturated heterocycles. The highest BCUT2D eigenvalue weighted by atomic mass is 19.1. The lowest BCUT2D eigenvalue weighted by Crippen LogP contribution is -2.27. The summed E-state index contributed by atoms with van der Waals surface area (Å²) in [6.07, 6.45) is 1.96. The van der Waals surface area contributed by atoms with Crippen molar-refractivity contribution >= 4 is 29.5 Å². The van der Waals surface area contributed by atoms with Gasteiger partial charge in [-0.05, 0) is 51.1 Å². The van der Waals surface area contributed by atoms with Crippen LogP contribution in [0.3, 0.4) is 0 Å². The van der Waals surface area contributed by atoms with Gasteiger partial charge >= 0.3 is 6.09 Å². The molecule has 0 radical (unpaired) electrons. The Morgan fingerprint density at radius 1 is 1.07 bits per heavy atom. The van der Waals surface area contributed by atoms with E-state index in [0.717, 1.165) is 0 Å². The molecular weight excluding hydrogens is 363 g/mol. The monoisotopic (exact) mass is 386 g/mol. The van der Waals surface area contributed by atoms with Crippen LogP contribution in [0.15, 0.2) is 48.5 Å². The fourth-order valence-electron chi connectivity index (χ4n) is 2.26. The maximum absolute atomic E-state index is 13.6. The van der Waals surface area contributed by atoms with E-state index in [2.05, 4.69) is 10.6 Å². The second kappa shape index (κ2) is 9.03. The van der Waals surface area contributed by atoms with Gasteiger partial charge in [0.15, 0.2) is 0 Å². The number of carbonyl (C=O) groups excluding carboxylic acids is 2. The third-order valence-corrected chi connectivity index (χ3v) is 3.42. The summed E-state index contributed by atoms with van der Waals surface area (Å²) in [6, 6.07) is 10.9. The minimum absolute atomic E-state index is 0.305. The molecule has 2 amide bonds. The summed E-state index contributed by atoms with van der Waals surface area (Å²) in [6.45, 7) is 5.26. The number of methoxy groups -OCH3 is 1. The van der Waals surface area contributed by atoms with Crippen molar-refractivity contribution in [1.29, 1.82) is 0 Å². The lowest BCUT2D eigenvalue weighted by atomic mass is 10.2. The number of benzene rings is 2. The number of anilines is 2. The van der Waals surface area contributed by atoms with E-state index in [0.29, 0.717) is 22.7 Å². The number of hydrogen-bond donors (Lipinski definition) is 2. The molecule has 0 aliphatic heterocycles. The Morgan fingerprint density at radius 2 is 1.79 bits per heavy atom. The Bertz CT molecular complexity index is 888. The van der Waals surface area contributed by atoms with Gasteiger partial charge in [-0.3, -0.25) is 10.1 Å². The molecule has 0 aromatic heterocycles. The molecule has 2 N–H and O–H groups in total. The first kappa shape index (κ1) is 21.0. The predicted molar refractivity (Wildman–Crippen MR) is 107 cm³/mol. The van der Waals surface area contributed by atoms with E-state index in [1.165, 1.54) is 31.4 Å². The van der Waals surface area contributed by atoms with E-state index in [1.807, 2.05) is 0 Å². The van der Waals surface area contributed by atoms with Crippen LogP contribution in [0.5, 0.6) is 5.75 Å². The molecule has 2 aromatic carbocycles. The maximum Gasteiger partial charge on any atom is 0.412 e. The van der Waals surface area contributed by atoms with Crippen LogP contribution < -0.4 is 15.4 Å². The first-order chi connectivity index (χ1) is 13.2. The molecular formula is C21H23FN2O4. The zero-order valence-corrected chi connectivity index (χ0v) is 16.2. The van der Waals surface area contributed by atoms with E-state index in [4.69, 9.17) is 9.47 Å². The third-order valence-electron chi connectivity index (χ3n) is 3.42. The SMILES string of the molecule is COc1ccc(NC(=O)/C=C/c2ccccc2F)cc1NC(=O)OC(C)(C)C. The van der Waals surface area contributed by atoms with Gasteiger partial charge in [0.1, 0.15) is 17.2 Å². The summed E-state index contributed by atoms with van der Waals surface area (Å²) < 4.78 is 24.0. The number of ether oxygens (including phenoxy) is 2. The fraction of sp³-hybridized carbons (Fsp3) is 0.238. The average Bonchev–Trinajstić information content (AvgIpc) is 2.59. The first-order valence-corrected chi connectivity index (χ1v) is 8.59. The van der Waals surface area contributed by atoms with Crippen LogP contribution in [0.4, 0.5) is 20.6 Å². The second-order valence-corrected chi connectivity index (χ2v) is 6.89. The minimum atomic E-state index is -0.652. The smallest absolute Gasteiger partial charge is 0.412 e.